The van der Waals surface area contributed by atoms with E-state index in [2.05, 4.69) is 5.32 Å². The van der Waals surface area contributed by atoms with E-state index in [0.29, 0.717) is 20.6 Å². The summed E-state index contributed by atoms with van der Waals surface area (Å²) >= 11 is 25.1. The zero-order chi connectivity index (χ0) is 33.6. The molecule has 0 radical (unpaired) electrons. The van der Waals surface area contributed by atoms with Crippen LogP contribution in [0.3, 0.4) is 0 Å². The van der Waals surface area contributed by atoms with Crippen molar-refractivity contribution in [2.45, 2.75) is 55.6 Å². The molecule has 47 heavy (non-hydrogen) atoms. The van der Waals surface area contributed by atoms with Crippen LogP contribution in [0.5, 0.6) is 0 Å². The molecule has 246 valence electrons. The van der Waals surface area contributed by atoms with E-state index in [-0.39, 0.29) is 40.5 Å². The highest BCUT2D eigenvalue weighted by Gasteiger charge is 2.36. The minimum Gasteiger partial charge on any atom is -0.352 e. The summed E-state index contributed by atoms with van der Waals surface area (Å²) in [5.41, 5.74) is 1.56. The smallest absolute Gasteiger partial charge is 0.264 e. The van der Waals surface area contributed by atoms with Crippen LogP contribution in [0.4, 0.5) is 5.69 Å². The molecule has 4 aromatic rings. The topological polar surface area (TPSA) is 86.8 Å². The minimum atomic E-state index is -4.30. The van der Waals surface area contributed by atoms with Crippen molar-refractivity contribution in [3.8, 4) is 0 Å². The molecule has 7 nitrogen and oxygen atoms in total. The molecule has 1 saturated carbocycles. The normalized spacial score (nSPS) is 14.0. The SMILES string of the molecule is O=C(NC1CCCC1)C(Cc1ccccc1)N(Cc1ccc(Cl)cc1Cl)C(=O)CN(c1cccc(Cl)c1)S(=O)(=O)c1ccc(Cl)cc1. The molecule has 1 N–H and O–H groups in total. The molecule has 1 aliphatic carbocycles. The lowest BCUT2D eigenvalue weighted by molar-refractivity contribution is -0.140. The minimum absolute atomic E-state index is 0.00918. The lowest BCUT2D eigenvalue weighted by atomic mass is 10.0. The first-order chi connectivity index (χ1) is 22.5. The number of amides is 2. The van der Waals surface area contributed by atoms with E-state index < -0.39 is 28.5 Å². The predicted octanol–water partition coefficient (Wildman–Crippen LogP) is 8.19. The number of nitrogens with one attached hydrogen (secondary N) is 1. The van der Waals surface area contributed by atoms with Crippen molar-refractivity contribution in [1.29, 1.82) is 0 Å². The number of carbonyl (C=O) groups excluding carboxylic acids is 2. The number of rotatable bonds is 12. The van der Waals surface area contributed by atoms with Crippen LogP contribution in [-0.4, -0.2) is 43.8 Å². The highest BCUT2D eigenvalue weighted by molar-refractivity contribution is 7.92. The first-order valence-corrected chi connectivity index (χ1v) is 18.1. The zero-order valence-corrected chi connectivity index (χ0v) is 29.1. The second-order valence-corrected chi connectivity index (χ2v) is 15.0. The average Bonchev–Trinajstić information content (AvgIpc) is 3.56. The van der Waals surface area contributed by atoms with Crippen molar-refractivity contribution in [3.05, 3.63) is 128 Å². The van der Waals surface area contributed by atoms with Crippen LogP contribution in [0.15, 0.2) is 102 Å². The zero-order valence-electron chi connectivity index (χ0n) is 25.3. The van der Waals surface area contributed by atoms with Gasteiger partial charge in [0.05, 0.1) is 10.6 Å². The number of halogens is 4. The number of anilines is 1. The van der Waals surface area contributed by atoms with Crippen LogP contribution in [0.2, 0.25) is 20.1 Å². The molecule has 0 aromatic heterocycles. The van der Waals surface area contributed by atoms with Gasteiger partial charge in [-0.2, -0.15) is 0 Å². The number of hydrogen-bond acceptors (Lipinski definition) is 4. The molecule has 1 atom stereocenters. The summed E-state index contributed by atoms with van der Waals surface area (Å²) in [6.07, 6.45) is 3.91. The fourth-order valence-electron chi connectivity index (χ4n) is 5.65. The Morgan fingerprint density at radius 2 is 1.45 bits per heavy atom. The third-order valence-electron chi connectivity index (χ3n) is 8.11. The van der Waals surface area contributed by atoms with Crippen molar-refractivity contribution in [2.24, 2.45) is 0 Å². The summed E-state index contributed by atoms with van der Waals surface area (Å²) in [6.45, 7) is -0.701. The standard InChI is InChI=1S/C35H33Cl4N3O4S/c36-26-15-17-31(18-16-26)47(45,46)42(30-12-6-9-27(37)20-30)23-34(43)41(22-25-13-14-28(38)21-32(25)39)33(19-24-7-2-1-3-8-24)35(44)40-29-10-4-5-11-29/h1-3,6-9,12-18,20-21,29,33H,4-5,10-11,19,22-23H2,(H,40,44). The van der Waals surface area contributed by atoms with Crippen molar-refractivity contribution < 1.29 is 18.0 Å². The first kappa shape index (κ1) is 35.0. The Balaban J connectivity index is 1.58. The Kier molecular flexibility index (Phi) is 11.7. The Morgan fingerprint density at radius 1 is 0.787 bits per heavy atom. The molecule has 0 spiro atoms. The summed E-state index contributed by atoms with van der Waals surface area (Å²) < 4.78 is 29.3. The summed E-state index contributed by atoms with van der Waals surface area (Å²) in [6, 6.07) is 25.2. The van der Waals surface area contributed by atoms with Crippen LogP contribution in [-0.2, 0) is 32.6 Å². The molecule has 1 fully saturated rings. The van der Waals surface area contributed by atoms with Gasteiger partial charge in [0, 0.05) is 39.1 Å². The van der Waals surface area contributed by atoms with E-state index in [1.807, 2.05) is 30.3 Å². The van der Waals surface area contributed by atoms with Crippen LogP contribution < -0.4 is 9.62 Å². The summed E-state index contributed by atoms with van der Waals surface area (Å²) in [4.78, 5) is 30.1. The highest BCUT2D eigenvalue weighted by atomic mass is 35.5. The fraction of sp³-hybridized carbons (Fsp3) is 0.257. The largest absolute Gasteiger partial charge is 0.352 e. The number of benzene rings is 4. The maximum atomic E-state index is 14.6. The van der Waals surface area contributed by atoms with Gasteiger partial charge in [-0.3, -0.25) is 13.9 Å². The van der Waals surface area contributed by atoms with Crippen LogP contribution in [0, 0.1) is 0 Å². The van der Waals surface area contributed by atoms with Crippen molar-refractivity contribution in [1.82, 2.24) is 10.2 Å². The predicted molar refractivity (Wildman–Crippen MR) is 189 cm³/mol. The van der Waals surface area contributed by atoms with E-state index in [9.17, 15) is 18.0 Å². The average molecular weight is 734 g/mol. The summed E-state index contributed by atoms with van der Waals surface area (Å²) in [7, 11) is -4.30. The van der Waals surface area contributed by atoms with Gasteiger partial charge in [-0.25, -0.2) is 8.42 Å². The van der Waals surface area contributed by atoms with E-state index >= 15 is 0 Å². The molecule has 0 aliphatic heterocycles. The fourth-order valence-corrected chi connectivity index (χ4v) is 7.83. The van der Waals surface area contributed by atoms with Gasteiger partial charge in [-0.05, 0) is 78.6 Å². The van der Waals surface area contributed by atoms with Gasteiger partial charge in [-0.15, -0.1) is 0 Å². The lowest BCUT2D eigenvalue weighted by Crippen LogP contribution is -2.54. The maximum Gasteiger partial charge on any atom is 0.264 e. The molecule has 1 aliphatic rings. The lowest BCUT2D eigenvalue weighted by Gasteiger charge is -2.34. The van der Waals surface area contributed by atoms with Crippen LogP contribution in [0.25, 0.3) is 0 Å². The van der Waals surface area contributed by atoms with E-state index in [1.165, 1.54) is 35.2 Å². The second kappa shape index (κ2) is 15.8. The molecule has 12 heteroatoms. The Hall–Kier alpha value is -3.27. The third kappa shape index (κ3) is 9.00. The molecule has 0 heterocycles. The molecule has 0 saturated heterocycles. The molecule has 0 bridgehead atoms. The van der Waals surface area contributed by atoms with E-state index in [0.717, 1.165) is 35.6 Å². The monoisotopic (exact) mass is 731 g/mol. The number of hydrogen-bond donors (Lipinski definition) is 1. The van der Waals surface area contributed by atoms with Gasteiger partial charge in [0.1, 0.15) is 12.6 Å². The van der Waals surface area contributed by atoms with Gasteiger partial charge in [0.25, 0.3) is 10.0 Å². The second-order valence-electron chi connectivity index (χ2n) is 11.4. The van der Waals surface area contributed by atoms with Crippen LogP contribution >= 0.6 is 46.4 Å². The van der Waals surface area contributed by atoms with E-state index in [1.54, 1.807) is 36.4 Å². The van der Waals surface area contributed by atoms with Crippen LogP contribution in [0.1, 0.15) is 36.8 Å². The molecule has 5 rings (SSSR count). The Labute approximate surface area is 295 Å². The number of nitrogens with zero attached hydrogens (tertiary/aromatic N) is 2. The molecule has 4 aromatic carbocycles. The van der Waals surface area contributed by atoms with Crippen molar-refractivity contribution in [2.75, 3.05) is 10.8 Å². The van der Waals surface area contributed by atoms with Gasteiger partial charge >= 0.3 is 0 Å². The summed E-state index contributed by atoms with van der Waals surface area (Å²) in [5, 5.41) is 4.52. The van der Waals surface area contributed by atoms with Gasteiger partial charge in [0.15, 0.2) is 0 Å². The van der Waals surface area contributed by atoms with E-state index in [4.69, 9.17) is 46.4 Å². The maximum absolute atomic E-state index is 14.6. The van der Waals surface area contributed by atoms with Gasteiger partial charge in [-0.1, -0.05) is 102 Å². The van der Waals surface area contributed by atoms with Gasteiger partial charge in [0.2, 0.25) is 11.8 Å². The Morgan fingerprint density at radius 3 is 2.11 bits per heavy atom. The summed E-state index contributed by atoms with van der Waals surface area (Å²) in [5.74, 6) is -0.940. The highest BCUT2D eigenvalue weighted by Crippen LogP contribution is 2.29. The van der Waals surface area contributed by atoms with Crippen molar-refractivity contribution >= 4 is 73.9 Å². The molecular weight excluding hydrogens is 700 g/mol. The molecule has 1 unspecified atom stereocenters. The Bertz CT molecular complexity index is 1820. The van der Waals surface area contributed by atoms with Crippen molar-refractivity contribution in [3.63, 3.8) is 0 Å². The third-order valence-corrected chi connectivity index (χ3v) is 11.0. The number of sulfonamides is 1. The molecule has 2 amide bonds. The molecular formula is C35H33Cl4N3O4S. The first-order valence-electron chi connectivity index (χ1n) is 15.1. The van der Waals surface area contributed by atoms with Gasteiger partial charge < -0.3 is 10.2 Å². The number of carbonyl (C=O) groups is 2. The quantitative estimate of drug-likeness (QED) is 0.159.